The molecule has 3 saturated heterocycles. The number of rotatable bonds is 6. The Morgan fingerprint density at radius 1 is 0.917 bits per heavy atom. The molecule has 0 bridgehead atoms. The highest BCUT2D eigenvalue weighted by Crippen LogP contribution is 2.22. The molecule has 0 aromatic carbocycles. The van der Waals surface area contributed by atoms with Crippen molar-refractivity contribution in [2.45, 2.75) is 19.4 Å². The van der Waals surface area contributed by atoms with E-state index in [0.717, 1.165) is 25.6 Å². The molecule has 2 atom stereocenters. The first-order valence-corrected chi connectivity index (χ1v) is 10.0. The Kier molecular flexibility index (Phi) is 7.31. The fourth-order valence-electron chi connectivity index (χ4n) is 4.62. The van der Waals surface area contributed by atoms with Gasteiger partial charge in [0.2, 0.25) is 0 Å². The number of nitrogens with zero attached hydrogens (tertiary/aromatic N) is 4. The van der Waals surface area contributed by atoms with Gasteiger partial charge in [-0.25, -0.2) is 0 Å². The lowest BCUT2D eigenvalue weighted by Crippen LogP contribution is -2.59. The first kappa shape index (κ1) is 18.5. The monoisotopic (exact) mass is 339 g/mol. The van der Waals surface area contributed by atoms with E-state index in [1.165, 1.54) is 71.9 Å². The topological polar surface area (TPSA) is 45.2 Å². The molecule has 0 saturated carbocycles. The number of likely N-dealkylation sites (N-methyl/N-ethyl adjacent to an activating group) is 1. The van der Waals surface area contributed by atoms with Gasteiger partial charge in [-0.3, -0.25) is 9.80 Å². The van der Waals surface area contributed by atoms with Crippen molar-refractivity contribution >= 4 is 0 Å². The molecule has 2 N–H and O–H groups in total. The highest BCUT2D eigenvalue weighted by molar-refractivity contribution is 4.90. The zero-order chi connectivity index (χ0) is 16.8. The first-order valence-electron chi connectivity index (χ1n) is 10.0. The second-order valence-corrected chi connectivity index (χ2v) is 7.66. The summed E-state index contributed by atoms with van der Waals surface area (Å²) in [6.07, 6.45) is 1.31. The minimum absolute atomic E-state index is 0.292. The van der Waals surface area contributed by atoms with E-state index >= 15 is 0 Å². The smallest absolute Gasteiger partial charge is 0.0558 e. The lowest BCUT2D eigenvalue weighted by molar-refractivity contribution is 0.0338. The number of β-amino-alcohol motifs (C(OH)–C–C–N with tert-alkyl or cyclic N) is 1. The molecule has 0 aliphatic carbocycles. The molecule has 140 valence electrons. The van der Waals surface area contributed by atoms with Crippen molar-refractivity contribution in [1.29, 1.82) is 0 Å². The summed E-state index contributed by atoms with van der Waals surface area (Å²) >= 11 is 0. The molecule has 3 rings (SSSR count). The second-order valence-electron chi connectivity index (χ2n) is 7.66. The average molecular weight is 340 g/mol. The van der Waals surface area contributed by atoms with E-state index in [1.807, 2.05) is 0 Å². The number of piperidine rings is 1. The zero-order valence-electron chi connectivity index (χ0n) is 15.5. The van der Waals surface area contributed by atoms with Crippen LogP contribution < -0.4 is 5.32 Å². The molecule has 0 aromatic rings. The molecule has 3 aliphatic heterocycles. The van der Waals surface area contributed by atoms with Crippen molar-refractivity contribution in [3.63, 3.8) is 0 Å². The normalized spacial score (nSPS) is 32.2. The molecule has 3 heterocycles. The molecule has 0 aromatic heterocycles. The van der Waals surface area contributed by atoms with Crippen molar-refractivity contribution in [3.8, 4) is 0 Å². The van der Waals surface area contributed by atoms with Crippen molar-refractivity contribution < 1.29 is 5.11 Å². The Labute approximate surface area is 147 Å². The summed E-state index contributed by atoms with van der Waals surface area (Å²) < 4.78 is 0. The fraction of sp³-hybridized carbons (Fsp3) is 1.00. The Hall–Kier alpha value is -0.240. The quantitative estimate of drug-likeness (QED) is 0.662. The summed E-state index contributed by atoms with van der Waals surface area (Å²) in [5.74, 6) is 0.809. The van der Waals surface area contributed by atoms with Crippen molar-refractivity contribution in [2.75, 3.05) is 91.7 Å². The maximum Gasteiger partial charge on any atom is 0.0558 e. The van der Waals surface area contributed by atoms with E-state index in [1.54, 1.807) is 0 Å². The Balaban J connectivity index is 1.48. The molecule has 0 spiro atoms. The average Bonchev–Trinajstić information content (AvgIpc) is 2.64. The standard InChI is InChI=1S/C18H37N5O/c1-2-20-9-11-23(12-10-20)18-15-19-4-3-17(18)16-22-7-5-21(6-8-22)13-14-24/h17-19,24H,2-16H2,1H3. The number of nitrogens with one attached hydrogen (secondary N) is 1. The molecule has 3 fully saturated rings. The second kappa shape index (κ2) is 9.46. The van der Waals surface area contributed by atoms with Gasteiger partial charge in [0.15, 0.2) is 0 Å². The highest BCUT2D eigenvalue weighted by atomic mass is 16.3. The van der Waals surface area contributed by atoms with Crippen LogP contribution in [0, 0.1) is 5.92 Å². The third kappa shape index (κ3) is 4.90. The third-order valence-corrected chi connectivity index (χ3v) is 6.29. The molecule has 0 amide bonds. The third-order valence-electron chi connectivity index (χ3n) is 6.29. The Morgan fingerprint density at radius 2 is 1.58 bits per heavy atom. The summed E-state index contributed by atoms with van der Waals surface area (Å²) in [5.41, 5.74) is 0. The van der Waals surface area contributed by atoms with Gasteiger partial charge in [-0.05, 0) is 25.4 Å². The van der Waals surface area contributed by atoms with E-state index in [2.05, 4.69) is 31.8 Å². The molecule has 24 heavy (non-hydrogen) atoms. The summed E-state index contributed by atoms with van der Waals surface area (Å²) in [6.45, 7) is 17.7. The van der Waals surface area contributed by atoms with Crippen LogP contribution in [0.3, 0.4) is 0 Å². The number of hydrogen-bond acceptors (Lipinski definition) is 6. The van der Waals surface area contributed by atoms with Gasteiger partial charge < -0.3 is 20.2 Å². The molecular formula is C18H37N5O. The molecule has 2 unspecified atom stereocenters. The number of hydrogen-bond donors (Lipinski definition) is 2. The SMILES string of the molecule is CCN1CCN(C2CNCCC2CN2CCN(CCO)CC2)CC1. The van der Waals surface area contributed by atoms with Gasteiger partial charge in [-0.15, -0.1) is 0 Å². The van der Waals surface area contributed by atoms with Crippen LogP contribution in [0.4, 0.5) is 0 Å². The summed E-state index contributed by atoms with van der Waals surface area (Å²) in [7, 11) is 0. The van der Waals surface area contributed by atoms with Gasteiger partial charge >= 0.3 is 0 Å². The fourth-order valence-corrected chi connectivity index (χ4v) is 4.62. The van der Waals surface area contributed by atoms with Gasteiger partial charge in [0.05, 0.1) is 6.61 Å². The lowest BCUT2D eigenvalue weighted by atomic mass is 9.90. The number of aliphatic hydroxyl groups is 1. The molecule has 6 nitrogen and oxygen atoms in total. The summed E-state index contributed by atoms with van der Waals surface area (Å²) in [6, 6.07) is 0.716. The number of piperazine rings is 2. The lowest BCUT2D eigenvalue weighted by Gasteiger charge is -2.46. The zero-order valence-corrected chi connectivity index (χ0v) is 15.5. The minimum atomic E-state index is 0.292. The Morgan fingerprint density at radius 3 is 2.25 bits per heavy atom. The van der Waals surface area contributed by atoms with Crippen LogP contribution in [0.5, 0.6) is 0 Å². The van der Waals surface area contributed by atoms with Gasteiger partial charge in [0, 0.05) is 78.0 Å². The predicted molar refractivity (Wildman–Crippen MR) is 98.4 cm³/mol. The molecule has 6 heteroatoms. The van der Waals surface area contributed by atoms with Crippen LogP contribution in [0.1, 0.15) is 13.3 Å². The predicted octanol–water partition coefficient (Wildman–Crippen LogP) is -0.788. The summed E-state index contributed by atoms with van der Waals surface area (Å²) in [5, 5.41) is 12.7. The minimum Gasteiger partial charge on any atom is -0.395 e. The maximum absolute atomic E-state index is 9.09. The molecule has 3 aliphatic rings. The maximum atomic E-state index is 9.09. The number of aliphatic hydroxyl groups excluding tert-OH is 1. The van der Waals surface area contributed by atoms with Crippen molar-refractivity contribution in [2.24, 2.45) is 5.92 Å². The van der Waals surface area contributed by atoms with Crippen LogP contribution in [0.25, 0.3) is 0 Å². The highest BCUT2D eigenvalue weighted by Gasteiger charge is 2.33. The van der Waals surface area contributed by atoms with E-state index in [9.17, 15) is 0 Å². The van der Waals surface area contributed by atoms with E-state index in [-0.39, 0.29) is 0 Å². The van der Waals surface area contributed by atoms with Crippen molar-refractivity contribution in [3.05, 3.63) is 0 Å². The largest absolute Gasteiger partial charge is 0.395 e. The van der Waals surface area contributed by atoms with Gasteiger partial charge in [0.1, 0.15) is 0 Å². The summed E-state index contributed by atoms with van der Waals surface area (Å²) in [4.78, 5) is 10.4. The van der Waals surface area contributed by atoms with E-state index in [0.29, 0.717) is 12.6 Å². The first-order chi connectivity index (χ1) is 11.8. The van der Waals surface area contributed by atoms with E-state index < -0.39 is 0 Å². The van der Waals surface area contributed by atoms with Crippen molar-refractivity contribution in [1.82, 2.24) is 24.9 Å². The van der Waals surface area contributed by atoms with Crippen LogP contribution in [0.15, 0.2) is 0 Å². The van der Waals surface area contributed by atoms with Crippen LogP contribution in [-0.4, -0.2) is 122 Å². The molecule has 0 radical (unpaired) electrons. The van der Waals surface area contributed by atoms with Crippen LogP contribution in [0.2, 0.25) is 0 Å². The van der Waals surface area contributed by atoms with Crippen LogP contribution in [-0.2, 0) is 0 Å². The van der Waals surface area contributed by atoms with Gasteiger partial charge in [-0.2, -0.15) is 0 Å². The molecular weight excluding hydrogens is 302 g/mol. The Bertz CT molecular complexity index is 353. The van der Waals surface area contributed by atoms with Gasteiger partial charge in [-0.1, -0.05) is 6.92 Å². The van der Waals surface area contributed by atoms with E-state index in [4.69, 9.17) is 5.11 Å². The van der Waals surface area contributed by atoms with Gasteiger partial charge in [0.25, 0.3) is 0 Å². The van der Waals surface area contributed by atoms with Crippen LogP contribution >= 0.6 is 0 Å².